The van der Waals surface area contributed by atoms with Gasteiger partial charge in [-0.25, -0.2) is 15.0 Å². The van der Waals surface area contributed by atoms with Crippen LogP contribution in [0.15, 0.2) is 42.7 Å². The van der Waals surface area contributed by atoms with Crippen molar-refractivity contribution in [2.75, 3.05) is 19.5 Å². The van der Waals surface area contributed by atoms with Gasteiger partial charge in [-0.3, -0.25) is 9.63 Å². The number of aromatic nitrogens is 2. The number of hydroxylamine groups is 2. The Morgan fingerprint density at radius 3 is 2.68 bits per heavy atom. The number of hydrogen-bond acceptors (Lipinski definition) is 5. The molecule has 1 N–H and O–H groups in total. The average Bonchev–Trinajstić information content (AvgIpc) is 2.47. The summed E-state index contributed by atoms with van der Waals surface area (Å²) in [6.45, 7) is 0. The van der Waals surface area contributed by atoms with Gasteiger partial charge < -0.3 is 5.32 Å². The molecule has 0 fully saturated rings. The normalized spacial score (nSPS) is 10.0. The number of hydrogen-bond donors (Lipinski definition) is 1. The average molecular weight is 258 g/mol. The highest BCUT2D eigenvalue weighted by atomic mass is 16.7. The van der Waals surface area contributed by atoms with Gasteiger partial charge in [-0.05, 0) is 24.3 Å². The van der Waals surface area contributed by atoms with E-state index in [2.05, 4.69) is 15.3 Å². The standard InChI is InChI=1S/C13H14N4O2/c1-17(19-2)12(18)10-5-3-6-11(9-10)16-13-14-7-4-8-15-13/h3-9H,1-2H3,(H,14,15,16). The number of carbonyl (C=O) groups excluding carboxylic acids is 1. The Bertz CT molecular complexity index is 560. The fraction of sp³-hybridized carbons (Fsp3) is 0.154. The van der Waals surface area contributed by atoms with Crippen molar-refractivity contribution in [2.45, 2.75) is 0 Å². The third kappa shape index (κ3) is 3.26. The molecule has 0 bridgehead atoms. The highest BCUT2D eigenvalue weighted by Gasteiger charge is 2.11. The number of nitrogens with zero attached hydrogens (tertiary/aromatic N) is 3. The minimum absolute atomic E-state index is 0.222. The van der Waals surface area contributed by atoms with Crippen molar-refractivity contribution in [1.82, 2.24) is 15.0 Å². The molecule has 0 atom stereocenters. The van der Waals surface area contributed by atoms with Gasteiger partial charge in [-0.1, -0.05) is 6.07 Å². The maximum Gasteiger partial charge on any atom is 0.277 e. The predicted octanol–water partition coefficient (Wildman–Crippen LogP) is 1.85. The van der Waals surface area contributed by atoms with Crippen LogP contribution in [0.25, 0.3) is 0 Å². The maximum absolute atomic E-state index is 11.9. The Morgan fingerprint density at radius 1 is 1.26 bits per heavy atom. The summed E-state index contributed by atoms with van der Waals surface area (Å²) in [7, 11) is 3.00. The lowest BCUT2D eigenvalue weighted by atomic mass is 10.2. The van der Waals surface area contributed by atoms with Crippen LogP contribution < -0.4 is 5.32 Å². The number of rotatable bonds is 4. The van der Waals surface area contributed by atoms with E-state index < -0.39 is 0 Å². The zero-order chi connectivity index (χ0) is 13.7. The zero-order valence-electron chi connectivity index (χ0n) is 10.7. The van der Waals surface area contributed by atoms with Gasteiger partial charge in [0.15, 0.2) is 0 Å². The van der Waals surface area contributed by atoms with Crippen molar-refractivity contribution < 1.29 is 9.63 Å². The van der Waals surface area contributed by atoms with Gasteiger partial charge >= 0.3 is 0 Å². The lowest BCUT2D eigenvalue weighted by Gasteiger charge is -2.14. The molecule has 2 aromatic rings. The van der Waals surface area contributed by atoms with Gasteiger partial charge in [-0.15, -0.1) is 0 Å². The lowest BCUT2D eigenvalue weighted by Crippen LogP contribution is -2.25. The third-order valence-electron chi connectivity index (χ3n) is 2.49. The van der Waals surface area contributed by atoms with Gasteiger partial charge in [0.05, 0.1) is 7.11 Å². The van der Waals surface area contributed by atoms with E-state index in [4.69, 9.17) is 4.84 Å². The van der Waals surface area contributed by atoms with Crippen LogP contribution in [0.2, 0.25) is 0 Å². The molecule has 0 radical (unpaired) electrons. The first-order valence-corrected chi connectivity index (χ1v) is 5.67. The molecular formula is C13H14N4O2. The molecule has 6 nitrogen and oxygen atoms in total. The van der Waals surface area contributed by atoms with Crippen molar-refractivity contribution in [3.63, 3.8) is 0 Å². The molecule has 6 heteroatoms. The third-order valence-corrected chi connectivity index (χ3v) is 2.49. The van der Waals surface area contributed by atoms with Crippen LogP contribution in [0, 0.1) is 0 Å². The summed E-state index contributed by atoms with van der Waals surface area (Å²) in [5.74, 6) is 0.257. The van der Waals surface area contributed by atoms with Crippen molar-refractivity contribution in [1.29, 1.82) is 0 Å². The SMILES string of the molecule is CON(C)C(=O)c1cccc(Nc2ncccn2)c1. The highest BCUT2D eigenvalue weighted by molar-refractivity contribution is 5.94. The summed E-state index contributed by atoms with van der Waals surface area (Å²) in [4.78, 5) is 24.9. The molecule has 1 aromatic heterocycles. The van der Waals surface area contributed by atoms with E-state index in [1.807, 2.05) is 6.07 Å². The van der Waals surface area contributed by atoms with Crippen molar-refractivity contribution in [2.24, 2.45) is 0 Å². The van der Waals surface area contributed by atoms with Gasteiger partial charge in [0.25, 0.3) is 5.91 Å². The maximum atomic E-state index is 11.9. The van der Waals surface area contributed by atoms with Gasteiger partial charge in [0.1, 0.15) is 0 Å². The predicted molar refractivity (Wildman–Crippen MR) is 70.9 cm³/mol. The Morgan fingerprint density at radius 2 is 2.00 bits per heavy atom. The van der Waals surface area contributed by atoms with E-state index >= 15 is 0 Å². The van der Waals surface area contributed by atoms with Crippen LogP contribution in [0.4, 0.5) is 11.6 Å². The molecule has 0 aliphatic rings. The minimum atomic E-state index is -0.222. The van der Waals surface area contributed by atoms with Crippen LogP contribution in [-0.2, 0) is 4.84 Å². The highest BCUT2D eigenvalue weighted by Crippen LogP contribution is 2.15. The molecule has 0 aliphatic carbocycles. The Labute approximate surface area is 111 Å². The van der Waals surface area contributed by atoms with Crippen LogP contribution >= 0.6 is 0 Å². The Balaban J connectivity index is 2.18. The van der Waals surface area contributed by atoms with Crippen molar-refractivity contribution in [3.8, 4) is 0 Å². The molecule has 2 rings (SSSR count). The topological polar surface area (TPSA) is 67.3 Å². The summed E-state index contributed by atoms with van der Waals surface area (Å²) in [5.41, 5.74) is 1.26. The molecule has 98 valence electrons. The quantitative estimate of drug-likeness (QED) is 0.848. The number of nitrogens with one attached hydrogen (secondary N) is 1. The van der Waals surface area contributed by atoms with Gasteiger partial charge in [0.2, 0.25) is 5.95 Å². The summed E-state index contributed by atoms with van der Waals surface area (Å²) in [6.07, 6.45) is 3.28. The number of anilines is 2. The molecule has 0 unspecified atom stereocenters. The van der Waals surface area contributed by atoms with Crippen molar-refractivity contribution >= 4 is 17.5 Å². The van der Waals surface area contributed by atoms with Crippen LogP contribution in [0.1, 0.15) is 10.4 Å². The van der Waals surface area contributed by atoms with E-state index in [0.717, 1.165) is 10.8 Å². The van der Waals surface area contributed by atoms with E-state index in [1.165, 1.54) is 7.11 Å². The summed E-state index contributed by atoms with van der Waals surface area (Å²) in [6, 6.07) is 8.78. The van der Waals surface area contributed by atoms with Crippen LogP contribution in [-0.4, -0.2) is 35.1 Å². The largest absolute Gasteiger partial charge is 0.324 e. The summed E-state index contributed by atoms with van der Waals surface area (Å²) >= 11 is 0. The molecule has 1 heterocycles. The molecular weight excluding hydrogens is 244 g/mol. The van der Waals surface area contributed by atoms with E-state index in [-0.39, 0.29) is 5.91 Å². The number of carbonyl (C=O) groups is 1. The number of benzene rings is 1. The van der Waals surface area contributed by atoms with Crippen molar-refractivity contribution in [3.05, 3.63) is 48.3 Å². The fourth-order valence-electron chi connectivity index (χ4n) is 1.49. The van der Waals surface area contributed by atoms with E-state index in [0.29, 0.717) is 11.5 Å². The molecule has 0 saturated heterocycles. The molecule has 1 aromatic carbocycles. The number of amides is 1. The molecule has 0 spiro atoms. The molecule has 19 heavy (non-hydrogen) atoms. The Hall–Kier alpha value is -2.47. The first-order chi connectivity index (χ1) is 9.20. The zero-order valence-corrected chi connectivity index (χ0v) is 10.7. The lowest BCUT2D eigenvalue weighted by molar-refractivity contribution is -0.0756. The fourth-order valence-corrected chi connectivity index (χ4v) is 1.49. The molecule has 0 aliphatic heterocycles. The van der Waals surface area contributed by atoms with E-state index in [1.54, 1.807) is 43.7 Å². The van der Waals surface area contributed by atoms with Gasteiger partial charge in [-0.2, -0.15) is 0 Å². The first-order valence-electron chi connectivity index (χ1n) is 5.67. The first kappa shape index (κ1) is 13.0. The summed E-state index contributed by atoms with van der Waals surface area (Å²) < 4.78 is 0. The van der Waals surface area contributed by atoms with Crippen LogP contribution in [0.5, 0.6) is 0 Å². The van der Waals surface area contributed by atoms with Gasteiger partial charge in [0, 0.05) is 30.7 Å². The van der Waals surface area contributed by atoms with E-state index in [9.17, 15) is 4.79 Å². The smallest absolute Gasteiger partial charge is 0.277 e. The van der Waals surface area contributed by atoms with Crippen LogP contribution in [0.3, 0.4) is 0 Å². The minimum Gasteiger partial charge on any atom is -0.324 e. The Kier molecular flexibility index (Phi) is 4.04. The molecule has 1 amide bonds. The second-order valence-corrected chi connectivity index (χ2v) is 3.76. The monoisotopic (exact) mass is 258 g/mol. The molecule has 0 saturated carbocycles. The second kappa shape index (κ2) is 5.92. The second-order valence-electron chi connectivity index (χ2n) is 3.76. The summed E-state index contributed by atoms with van der Waals surface area (Å²) in [5, 5.41) is 4.19.